The zero-order valence-corrected chi connectivity index (χ0v) is 24.9. The molecular formula is C33H31BrN2O5. The minimum atomic E-state index is -1.13. The van der Waals surface area contributed by atoms with Gasteiger partial charge in [-0.15, -0.1) is 0 Å². The number of imide groups is 1. The van der Waals surface area contributed by atoms with E-state index in [9.17, 15) is 19.2 Å². The summed E-state index contributed by atoms with van der Waals surface area (Å²) in [4.78, 5) is 55.5. The van der Waals surface area contributed by atoms with Gasteiger partial charge in [-0.25, -0.2) is 4.79 Å². The van der Waals surface area contributed by atoms with Crippen LogP contribution in [0.15, 0.2) is 65.1 Å². The van der Waals surface area contributed by atoms with E-state index in [4.69, 9.17) is 4.74 Å². The van der Waals surface area contributed by atoms with Gasteiger partial charge in [0.2, 0.25) is 11.8 Å². The van der Waals surface area contributed by atoms with Crippen molar-refractivity contribution in [3.8, 4) is 0 Å². The second-order valence-electron chi connectivity index (χ2n) is 11.5. The number of nitrogens with zero attached hydrogens (tertiary/aromatic N) is 1. The highest BCUT2D eigenvalue weighted by atomic mass is 79.9. The van der Waals surface area contributed by atoms with E-state index in [-0.39, 0.29) is 23.7 Å². The van der Waals surface area contributed by atoms with Gasteiger partial charge < -0.3 is 10.1 Å². The number of nitrogens with one attached hydrogen (secondary N) is 1. The van der Waals surface area contributed by atoms with Crippen LogP contribution in [0.4, 0.5) is 5.69 Å². The molecule has 8 heteroatoms. The van der Waals surface area contributed by atoms with Gasteiger partial charge in [-0.05, 0) is 65.3 Å². The van der Waals surface area contributed by atoms with E-state index in [1.165, 1.54) is 0 Å². The summed E-state index contributed by atoms with van der Waals surface area (Å²) in [6.45, 7) is 6.86. The third kappa shape index (κ3) is 4.22. The first-order valence-electron chi connectivity index (χ1n) is 13.9. The van der Waals surface area contributed by atoms with Gasteiger partial charge in [0.05, 0.1) is 11.8 Å². The first-order valence-corrected chi connectivity index (χ1v) is 14.7. The van der Waals surface area contributed by atoms with Gasteiger partial charge in [-0.3, -0.25) is 19.3 Å². The van der Waals surface area contributed by atoms with E-state index in [1.54, 1.807) is 19.9 Å². The number of rotatable bonds is 6. The number of ether oxygens (including phenoxy) is 1. The van der Waals surface area contributed by atoms with E-state index < -0.39 is 42.3 Å². The van der Waals surface area contributed by atoms with Gasteiger partial charge in [0, 0.05) is 22.0 Å². The van der Waals surface area contributed by atoms with Crippen molar-refractivity contribution >= 4 is 45.3 Å². The van der Waals surface area contributed by atoms with Crippen molar-refractivity contribution in [2.75, 3.05) is 11.9 Å². The maximum Gasteiger partial charge on any atom is 0.330 e. The molecule has 0 unspecified atom stereocenters. The van der Waals surface area contributed by atoms with Crippen molar-refractivity contribution in [1.29, 1.82) is 0 Å². The van der Waals surface area contributed by atoms with E-state index in [0.29, 0.717) is 5.69 Å². The Morgan fingerprint density at radius 1 is 0.829 bits per heavy atom. The maximum atomic E-state index is 14.1. The lowest BCUT2D eigenvalue weighted by atomic mass is 9.55. The van der Waals surface area contributed by atoms with E-state index in [2.05, 4.69) is 21.2 Å². The molecule has 1 fully saturated rings. The number of hydrogen-bond donors (Lipinski definition) is 1. The highest BCUT2D eigenvalue weighted by Crippen LogP contribution is 2.61. The van der Waals surface area contributed by atoms with Crippen LogP contribution in [0.25, 0.3) is 0 Å². The Labute approximate surface area is 247 Å². The first-order chi connectivity index (χ1) is 19.6. The van der Waals surface area contributed by atoms with Crippen LogP contribution < -0.4 is 5.32 Å². The highest BCUT2D eigenvalue weighted by Gasteiger charge is 2.63. The number of carbonyl (C=O) groups is 4. The molecule has 3 atom stereocenters. The molecule has 7 nitrogen and oxygen atoms in total. The molecule has 0 saturated carbocycles. The summed E-state index contributed by atoms with van der Waals surface area (Å²) in [6, 6.07) is 18.5. The fourth-order valence-electron chi connectivity index (χ4n) is 6.98. The predicted octanol–water partition coefficient (Wildman–Crippen LogP) is 5.46. The van der Waals surface area contributed by atoms with Gasteiger partial charge in [0.15, 0.2) is 6.61 Å². The minimum absolute atomic E-state index is 0.258. The Hall–Kier alpha value is -3.78. The third-order valence-corrected chi connectivity index (χ3v) is 9.83. The molecule has 7 rings (SSSR count). The zero-order valence-electron chi connectivity index (χ0n) is 23.3. The zero-order chi connectivity index (χ0) is 29.2. The Morgan fingerprint density at radius 3 is 1.78 bits per heavy atom. The molecule has 41 heavy (non-hydrogen) atoms. The van der Waals surface area contributed by atoms with Crippen molar-refractivity contribution in [3.05, 3.63) is 98.5 Å². The number of halogens is 1. The van der Waals surface area contributed by atoms with Crippen molar-refractivity contribution in [2.45, 2.75) is 45.6 Å². The van der Waals surface area contributed by atoms with Gasteiger partial charge in [0.25, 0.3) is 5.91 Å². The molecule has 210 valence electrons. The van der Waals surface area contributed by atoms with Gasteiger partial charge in [0.1, 0.15) is 6.04 Å². The Bertz CT molecular complexity index is 1500. The number of likely N-dealkylation sites (tertiary alicyclic amines) is 1. The topological polar surface area (TPSA) is 92.8 Å². The van der Waals surface area contributed by atoms with E-state index >= 15 is 0 Å². The van der Waals surface area contributed by atoms with Crippen molar-refractivity contribution in [1.82, 2.24) is 4.90 Å². The fourth-order valence-corrected chi connectivity index (χ4v) is 7.41. The van der Waals surface area contributed by atoms with Crippen LogP contribution in [0.5, 0.6) is 0 Å². The molecule has 1 aliphatic heterocycles. The SMILES string of the molecule is Cc1c(Br)ccc(NC(=O)COC(=O)[C@H](C(C)C)N2C(=O)[C@@H]3C4c5ccccc5C(c5ccccc54)[C@@H]3C2=O)c1C. The number of esters is 1. The minimum Gasteiger partial charge on any atom is -0.454 e. The van der Waals surface area contributed by atoms with E-state index in [0.717, 1.165) is 42.8 Å². The average Bonchev–Trinajstić information content (AvgIpc) is 3.22. The second-order valence-corrected chi connectivity index (χ2v) is 12.4. The van der Waals surface area contributed by atoms with Gasteiger partial charge >= 0.3 is 5.97 Å². The lowest BCUT2D eigenvalue weighted by molar-refractivity contribution is -0.162. The number of hydrogen-bond acceptors (Lipinski definition) is 5. The molecular weight excluding hydrogens is 584 g/mol. The Balaban J connectivity index is 1.25. The second kappa shape index (κ2) is 10.2. The van der Waals surface area contributed by atoms with Crippen LogP contribution in [0.2, 0.25) is 0 Å². The smallest absolute Gasteiger partial charge is 0.330 e. The molecule has 1 saturated heterocycles. The largest absolute Gasteiger partial charge is 0.454 e. The fraction of sp³-hybridized carbons (Fsp3) is 0.333. The molecule has 0 radical (unpaired) electrons. The molecule has 2 bridgehead atoms. The molecule has 4 aliphatic rings. The molecule has 3 amide bonds. The quantitative estimate of drug-likeness (QED) is 0.294. The van der Waals surface area contributed by atoms with Gasteiger partial charge in [-0.2, -0.15) is 0 Å². The molecule has 3 aromatic rings. The summed E-state index contributed by atoms with van der Waals surface area (Å²) in [7, 11) is 0. The molecule has 3 aliphatic carbocycles. The number of benzene rings is 3. The lowest BCUT2D eigenvalue weighted by Gasteiger charge is -2.45. The lowest BCUT2D eigenvalue weighted by Crippen LogP contribution is -2.49. The van der Waals surface area contributed by atoms with Crippen LogP contribution in [-0.4, -0.2) is 41.2 Å². The van der Waals surface area contributed by atoms with Gasteiger partial charge in [-0.1, -0.05) is 78.3 Å². The number of anilines is 1. The molecule has 1 heterocycles. The average molecular weight is 616 g/mol. The van der Waals surface area contributed by atoms with Crippen LogP contribution in [0.3, 0.4) is 0 Å². The maximum absolute atomic E-state index is 14.1. The normalized spacial score (nSPS) is 22.7. The van der Waals surface area contributed by atoms with E-state index in [1.807, 2.05) is 68.4 Å². The number of amides is 3. The highest BCUT2D eigenvalue weighted by molar-refractivity contribution is 9.10. The standard InChI is InChI=1S/C33H31BrN2O5/c1-16(2)30(33(40)41-15-25(37)35-24-14-13-23(34)17(3)18(24)4)36-31(38)28-26-19-9-5-6-10-20(19)27(29(28)32(36)39)22-12-8-7-11-21(22)26/h5-14,16,26-30H,15H2,1-4H3,(H,35,37)/t26?,27?,28-,29+,30-/m0/s1. The summed E-state index contributed by atoms with van der Waals surface area (Å²) in [5.74, 6) is -4.05. The van der Waals surface area contributed by atoms with Crippen LogP contribution >= 0.6 is 15.9 Å². The first kappa shape index (κ1) is 27.4. The predicted molar refractivity (Wildman–Crippen MR) is 157 cm³/mol. The molecule has 3 aromatic carbocycles. The summed E-state index contributed by atoms with van der Waals surface area (Å²) in [5.41, 5.74) is 6.78. The molecule has 0 spiro atoms. The monoisotopic (exact) mass is 614 g/mol. The summed E-state index contributed by atoms with van der Waals surface area (Å²) < 4.78 is 6.37. The van der Waals surface area contributed by atoms with Crippen molar-refractivity contribution < 1.29 is 23.9 Å². The Kier molecular flexibility index (Phi) is 6.85. The van der Waals surface area contributed by atoms with Crippen molar-refractivity contribution in [2.24, 2.45) is 17.8 Å². The number of carbonyl (C=O) groups excluding carboxylic acids is 4. The summed E-state index contributed by atoms with van der Waals surface area (Å²) in [5, 5.41) is 2.79. The molecule has 0 aromatic heterocycles. The van der Waals surface area contributed by atoms with Crippen LogP contribution in [0, 0.1) is 31.6 Å². The third-order valence-electron chi connectivity index (χ3n) is 8.97. The summed E-state index contributed by atoms with van der Waals surface area (Å²) in [6.07, 6.45) is 0. The van der Waals surface area contributed by atoms with Crippen LogP contribution in [0.1, 0.15) is 59.1 Å². The summed E-state index contributed by atoms with van der Waals surface area (Å²) >= 11 is 3.48. The Morgan fingerprint density at radius 2 is 1.32 bits per heavy atom. The molecule has 1 N–H and O–H groups in total. The van der Waals surface area contributed by atoms with Crippen LogP contribution in [-0.2, 0) is 23.9 Å². The van der Waals surface area contributed by atoms with Crippen molar-refractivity contribution in [3.63, 3.8) is 0 Å².